The number of hydrogen-bond donors (Lipinski definition) is 1. The Kier molecular flexibility index (Phi) is 2.27. The van der Waals surface area contributed by atoms with E-state index in [2.05, 4.69) is 5.32 Å². The van der Waals surface area contributed by atoms with E-state index < -0.39 is 0 Å². The molecule has 0 unspecified atom stereocenters. The molecular weight excluding hydrogens is 166 g/mol. The van der Waals surface area contributed by atoms with Crippen molar-refractivity contribution in [2.24, 2.45) is 0 Å². The molecule has 1 atom stereocenters. The summed E-state index contributed by atoms with van der Waals surface area (Å²) in [6.45, 7) is 0.192. The van der Waals surface area contributed by atoms with E-state index in [0.29, 0.717) is 0 Å². The monoisotopic (exact) mass is 177 g/mol. The summed E-state index contributed by atoms with van der Waals surface area (Å²) in [4.78, 5) is 10.8. The molecule has 1 amide bonds. The minimum Gasteiger partial charge on any atom is -0.348 e. The third-order valence-corrected chi connectivity index (χ3v) is 2.00. The molecule has 1 aliphatic rings. The summed E-state index contributed by atoms with van der Waals surface area (Å²) in [7, 11) is 0. The molecule has 0 radical (unpaired) electrons. The minimum absolute atomic E-state index is 0.0269. The fourth-order valence-corrected chi connectivity index (χ4v) is 1.38. The second-order valence-corrected chi connectivity index (χ2v) is 3.06. The van der Waals surface area contributed by atoms with Gasteiger partial charge in [0.15, 0.2) is 0 Å². The zero-order valence-corrected chi connectivity index (χ0v) is 7.19. The Bertz CT molecular complexity index is 297. The van der Waals surface area contributed by atoms with Crippen LogP contribution >= 0.6 is 0 Å². The number of rotatable bonds is 2. The third kappa shape index (κ3) is 2.06. The molecule has 1 saturated heterocycles. The molecule has 1 N–H and O–H groups in total. The average molecular weight is 177 g/mol. The molecule has 1 aromatic rings. The third-order valence-electron chi connectivity index (χ3n) is 2.00. The van der Waals surface area contributed by atoms with Crippen LogP contribution in [0.3, 0.4) is 0 Å². The van der Waals surface area contributed by atoms with Gasteiger partial charge in [-0.2, -0.15) is 0 Å². The van der Waals surface area contributed by atoms with Crippen molar-refractivity contribution in [2.75, 3.05) is 6.61 Å². The number of amides is 1. The van der Waals surface area contributed by atoms with Crippen LogP contribution < -0.4 is 5.32 Å². The van der Waals surface area contributed by atoms with Gasteiger partial charge < -0.3 is 10.1 Å². The van der Waals surface area contributed by atoms with Gasteiger partial charge in [-0.1, -0.05) is 30.3 Å². The molecule has 0 saturated carbocycles. The first-order valence-corrected chi connectivity index (χ1v) is 4.29. The molecule has 1 heterocycles. The van der Waals surface area contributed by atoms with Crippen molar-refractivity contribution >= 4 is 5.91 Å². The van der Waals surface area contributed by atoms with Crippen LogP contribution in [0.1, 0.15) is 5.56 Å². The van der Waals surface area contributed by atoms with Crippen molar-refractivity contribution in [3.8, 4) is 0 Å². The van der Waals surface area contributed by atoms with Gasteiger partial charge in [0.2, 0.25) is 5.91 Å². The van der Waals surface area contributed by atoms with Crippen molar-refractivity contribution in [1.29, 1.82) is 0 Å². The lowest BCUT2D eigenvalue weighted by Crippen LogP contribution is -2.28. The predicted octanol–water partition coefficient (Wildman–Crippen LogP) is 0.702. The van der Waals surface area contributed by atoms with Gasteiger partial charge in [-0.05, 0) is 5.56 Å². The van der Waals surface area contributed by atoms with Gasteiger partial charge in [0.05, 0.1) is 0 Å². The SMILES string of the molecule is O=C1CO[C@H](Cc2ccccc2)N1. The molecular formula is C10H11NO2. The molecule has 1 fully saturated rings. The summed E-state index contributed by atoms with van der Waals surface area (Å²) < 4.78 is 5.21. The van der Waals surface area contributed by atoms with E-state index in [1.165, 1.54) is 5.56 Å². The number of carbonyl (C=O) groups excluding carboxylic acids is 1. The van der Waals surface area contributed by atoms with Crippen molar-refractivity contribution in [1.82, 2.24) is 5.32 Å². The zero-order chi connectivity index (χ0) is 9.10. The Hall–Kier alpha value is -1.35. The highest BCUT2D eigenvalue weighted by molar-refractivity contribution is 5.78. The Balaban J connectivity index is 1.96. The first-order valence-electron chi connectivity index (χ1n) is 4.29. The summed E-state index contributed by atoms with van der Waals surface area (Å²) >= 11 is 0. The first kappa shape index (κ1) is 8.26. The fourth-order valence-electron chi connectivity index (χ4n) is 1.38. The Morgan fingerprint density at radius 1 is 1.38 bits per heavy atom. The highest BCUT2D eigenvalue weighted by Gasteiger charge is 2.20. The van der Waals surface area contributed by atoms with Gasteiger partial charge in [0.1, 0.15) is 12.8 Å². The highest BCUT2D eigenvalue weighted by atomic mass is 16.5. The van der Waals surface area contributed by atoms with Crippen molar-refractivity contribution < 1.29 is 9.53 Å². The van der Waals surface area contributed by atoms with E-state index in [1.807, 2.05) is 30.3 Å². The summed E-state index contributed by atoms with van der Waals surface area (Å²) in [5.41, 5.74) is 1.18. The van der Waals surface area contributed by atoms with Gasteiger partial charge >= 0.3 is 0 Å². The maximum absolute atomic E-state index is 10.8. The second kappa shape index (κ2) is 3.58. The van der Waals surface area contributed by atoms with Crippen LogP contribution in [0.5, 0.6) is 0 Å². The molecule has 1 aromatic carbocycles. The Labute approximate surface area is 76.7 Å². The molecule has 0 bridgehead atoms. The fraction of sp³-hybridized carbons (Fsp3) is 0.300. The van der Waals surface area contributed by atoms with Crippen LogP contribution in [0.15, 0.2) is 30.3 Å². The van der Waals surface area contributed by atoms with Crippen molar-refractivity contribution in [3.05, 3.63) is 35.9 Å². The molecule has 1 aliphatic heterocycles. The lowest BCUT2D eigenvalue weighted by atomic mass is 10.1. The predicted molar refractivity (Wildman–Crippen MR) is 48.0 cm³/mol. The van der Waals surface area contributed by atoms with Crippen LogP contribution in [0.25, 0.3) is 0 Å². The standard InChI is InChI=1S/C10H11NO2/c12-9-7-13-10(11-9)6-8-4-2-1-3-5-8/h1-5,10H,6-7H2,(H,11,12)/t10-/m1/s1. The van der Waals surface area contributed by atoms with Crippen LogP contribution in [0, 0.1) is 0 Å². The minimum atomic E-state index is -0.144. The maximum atomic E-state index is 10.8. The molecule has 0 aliphatic carbocycles. The van der Waals surface area contributed by atoms with E-state index in [0.717, 1.165) is 6.42 Å². The lowest BCUT2D eigenvalue weighted by Gasteiger charge is -2.08. The van der Waals surface area contributed by atoms with E-state index in [9.17, 15) is 4.79 Å². The molecule has 3 nitrogen and oxygen atoms in total. The highest BCUT2D eigenvalue weighted by Crippen LogP contribution is 2.06. The van der Waals surface area contributed by atoms with Gasteiger partial charge in [0.25, 0.3) is 0 Å². The van der Waals surface area contributed by atoms with Crippen LogP contribution in [0.4, 0.5) is 0 Å². The summed E-state index contributed by atoms with van der Waals surface area (Å²) in [6, 6.07) is 9.97. The molecule has 68 valence electrons. The Morgan fingerprint density at radius 3 is 2.77 bits per heavy atom. The molecule has 0 spiro atoms. The van der Waals surface area contributed by atoms with Gasteiger partial charge in [-0.3, -0.25) is 4.79 Å². The first-order chi connectivity index (χ1) is 6.34. The second-order valence-electron chi connectivity index (χ2n) is 3.06. The van der Waals surface area contributed by atoms with Crippen molar-refractivity contribution in [2.45, 2.75) is 12.6 Å². The quantitative estimate of drug-likeness (QED) is 0.722. The van der Waals surface area contributed by atoms with Crippen molar-refractivity contribution in [3.63, 3.8) is 0 Å². The summed E-state index contributed by atoms with van der Waals surface area (Å²) in [5.74, 6) is -0.0269. The van der Waals surface area contributed by atoms with E-state index in [4.69, 9.17) is 4.74 Å². The largest absolute Gasteiger partial charge is 0.348 e. The van der Waals surface area contributed by atoms with E-state index in [1.54, 1.807) is 0 Å². The number of nitrogens with one attached hydrogen (secondary N) is 1. The number of ether oxygens (including phenoxy) is 1. The summed E-state index contributed by atoms with van der Waals surface area (Å²) in [5, 5.41) is 2.74. The van der Waals surface area contributed by atoms with Gasteiger partial charge in [-0.25, -0.2) is 0 Å². The normalized spacial score (nSPS) is 21.5. The molecule has 3 heteroatoms. The lowest BCUT2D eigenvalue weighted by molar-refractivity contribution is -0.119. The van der Waals surface area contributed by atoms with Crippen LogP contribution in [0.2, 0.25) is 0 Å². The zero-order valence-electron chi connectivity index (χ0n) is 7.19. The van der Waals surface area contributed by atoms with E-state index >= 15 is 0 Å². The summed E-state index contributed by atoms with van der Waals surface area (Å²) in [6.07, 6.45) is 0.599. The number of carbonyl (C=O) groups is 1. The van der Waals surface area contributed by atoms with Gasteiger partial charge in [-0.15, -0.1) is 0 Å². The molecule has 0 aromatic heterocycles. The average Bonchev–Trinajstić information content (AvgIpc) is 2.53. The van der Waals surface area contributed by atoms with E-state index in [-0.39, 0.29) is 18.7 Å². The topological polar surface area (TPSA) is 38.3 Å². The number of benzene rings is 1. The van der Waals surface area contributed by atoms with Crippen LogP contribution in [-0.4, -0.2) is 18.7 Å². The molecule has 13 heavy (non-hydrogen) atoms. The Morgan fingerprint density at radius 2 is 2.15 bits per heavy atom. The maximum Gasteiger partial charge on any atom is 0.248 e. The van der Waals surface area contributed by atoms with Gasteiger partial charge in [0, 0.05) is 6.42 Å². The van der Waals surface area contributed by atoms with Crippen LogP contribution in [-0.2, 0) is 16.0 Å². The number of hydrogen-bond acceptors (Lipinski definition) is 2. The smallest absolute Gasteiger partial charge is 0.248 e. The molecule has 2 rings (SSSR count).